The SMILES string of the molecule is O=C(COc1ccccc1C=Nn1c(C2CCCCC2)nc2ccccc2c1=O)Nc1cccc(F)c1. The Balaban J connectivity index is 1.40. The number of anilines is 1. The van der Waals surface area contributed by atoms with Crippen LogP contribution in [0.2, 0.25) is 0 Å². The van der Waals surface area contributed by atoms with Gasteiger partial charge in [0, 0.05) is 17.2 Å². The predicted molar refractivity (Wildman–Crippen MR) is 142 cm³/mol. The molecule has 1 heterocycles. The number of ether oxygens (including phenoxy) is 1. The average molecular weight is 499 g/mol. The van der Waals surface area contributed by atoms with E-state index in [0.717, 1.165) is 25.7 Å². The van der Waals surface area contributed by atoms with Crippen molar-refractivity contribution in [2.75, 3.05) is 11.9 Å². The number of nitrogens with one attached hydrogen (secondary N) is 1. The molecule has 5 rings (SSSR count). The third kappa shape index (κ3) is 5.74. The van der Waals surface area contributed by atoms with Gasteiger partial charge in [-0.05, 0) is 55.3 Å². The number of para-hydroxylation sites is 2. The number of hydrogen-bond acceptors (Lipinski definition) is 5. The van der Waals surface area contributed by atoms with Crippen molar-refractivity contribution in [3.8, 4) is 5.75 Å². The molecular formula is C29H27FN4O3. The molecule has 0 unspecified atom stereocenters. The Kier molecular flexibility index (Phi) is 7.35. The molecule has 7 nitrogen and oxygen atoms in total. The third-order valence-electron chi connectivity index (χ3n) is 6.45. The molecule has 1 aromatic heterocycles. The molecule has 8 heteroatoms. The van der Waals surface area contributed by atoms with Crippen LogP contribution in [0.3, 0.4) is 0 Å². The lowest BCUT2D eigenvalue weighted by molar-refractivity contribution is -0.118. The smallest absolute Gasteiger partial charge is 0.282 e. The molecule has 1 aliphatic rings. The third-order valence-corrected chi connectivity index (χ3v) is 6.45. The van der Waals surface area contributed by atoms with E-state index in [-0.39, 0.29) is 18.1 Å². The zero-order valence-electron chi connectivity index (χ0n) is 20.3. The van der Waals surface area contributed by atoms with Gasteiger partial charge in [-0.15, -0.1) is 0 Å². The van der Waals surface area contributed by atoms with Crippen molar-refractivity contribution in [1.29, 1.82) is 0 Å². The summed E-state index contributed by atoms with van der Waals surface area (Å²) in [5.74, 6) is 0.411. The molecule has 4 aromatic rings. The average Bonchev–Trinajstić information content (AvgIpc) is 2.92. The summed E-state index contributed by atoms with van der Waals surface area (Å²) in [7, 11) is 0. The van der Waals surface area contributed by atoms with Crippen molar-refractivity contribution in [2.24, 2.45) is 5.10 Å². The Morgan fingerprint density at radius 2 is 1.84 bits per heavy atom. The maximum atomic E-state index is 13.4. The Morgan fingerprint density at radius 1 is 1.05 bits per heavy atom. The number of rotatable bonds is 7. The van der Waals surface area contributed by atoms with Gasteiger partial charge in [0.2, 0.25) is 0 Å². The van der Waals surface area contributed by atoms with Crippen LogP contribution in [0.5, 0.6) is 5.75 Å². The number of fused-ring (bicyclic) bond motifs is 1. The lowest BCUT2D eigenvalue weighted by atomic mass is 9.88. The van der Waals surface area contributed by atoms with Gasteiger partial charge in [-0.25, -0.2) is 9.37 Å². The fraction of sp³-hybridized carbons (Fsp3) is 0.241. The standard InChI is InChI=1S/C29H27FN4O3/c30-22-12-8-13-23(17-22)32-27(35)19-37-26-16-7-4-11-21(26)18-31-34-28(20-9-2-1-3-10-20)33-25-15-6-5-14-24(25)29(34)36/h4-8,11-18,20H,1-3,9-10,19H2,(H,32,35). The molecule has 0 radical (unpaired) electrons. The Labute approximate surface area is 213 Å². The maximum absolute atomic E-state index is 13.4. The molecule has 0 spiro atoms. The van der Waals surface area contributed by atoms with Gasteiger partial charge >= 0.3 is 0 Å². The summed E-state index contributed by atoms with van der Waals surface area (Å²) in [6.45, 7) is -0.272. The summed E-state index contributed by atoms with van der Waals surface area (Å²) >= 11 is 0. The van der Waals surface area contributed by atoms with Crippen LogP contribution in [0.25, 0.3) is 10.9 Å². The van der Waals surface area contributed by atoms with Gasteiger partial charge in [-0.3, -0.25) is 9.59 Å². The first-order valence-electron chi connectivity index (χ1n) is 12.4. The number of hydrogen-bond donors (Lipinski definition) is 1. The molecule has 188 valence electrons. The minimum Gasteiger partial charge on any atom is -0.483 e. The Hall–Kier alpha value is -4.33. The Bertz CT molecular complexity index is 1510. The van der Waals surface area contributed by atoms with E-state index in [9.17, 15) is 14.0 Å². The molecule has 0 bridgehead atoms. The van der Waals surface area contributed by atoms with E-state index < -0.39 is 11.7 Å². The monoisotopic (exact) mass is 498 g/mol. The van der Waals surface area contributed by atoms with Crippen LogP contribution in [0.15, 0.2) is 82.7 Å². The highest BCUT2D eigenvalue weighted by Crippen LogP contribution is 2.31. The van der Waals surface area contributed by atoms with Crippen molar-refractivity contribution in [1.82, 2.24) is 9.66 Å². The van der Waals surface area contributed by atoms with E-state index in [4.69, 9.17) is 9.72 Å². The molecule has 0 atom stereocenters. The molecule has 1 amide bonds. The number of amides is 1. The van der Waals surface area contributed by atoms with Gasteiger partial charge in [0.15, 0.2) is 6.61 Å². The van der Waals surface area contributed by atoms with Crippen LogP contribution >= 0.6 is 0 Å². The largest absolute Gasteiger partial charge is 0.483 e. The molecule has 0 saturated heterocycles. The number of halogens is 1. The van der Waals surface area contributed by atoms with Crippen molar-refractivity contribution < 1.29 is 13.9 Å². The summed E-state index contributed by atoms with van der Waals surface area (Å²) in [5.41, 5.74) is 1.42. The first-order chi connectivity index (χ1) is 18.1. The summed E-state index contributed by atoms with van der Waals surface area (Å²) in [5, 5.41) is 7.68. The number of nitrogens with zero attached hydrogens (tertiary/aromatic N) is 3. The van der Waals surface area contributed by atoms with Gasteiger partial charge in [0.1, 0.15) is 17.4 Å². The van der Waals surface area contributed by atoms with Crippen molar-refractivity contribution >= 4 is 28.7 Å². The molecule has 37 heavy (non-hydrogen) atoms. The van der Waals surface area contributed by atoms with Gasteiger partial charge in [0.25, 0.3) is 11.5 Å². The molecule has 1 N–H and O–H groups in total. The van der Waals surface area contributed by atoms with Gasteiger partial charge in [0.05, 0.1) is 17.1 Å². The van der Waals surface area contributed by atoms with Gasteiger partial charge in [-0.2, -0.15) is 9.78 Å². The molecule has 3 aromatic carbocycles. The van der Waals surface area contributed by atoms with Gasteiger partial charge < -0.3 is 10.1 Å². The van der Waals surface area contributed by atoms with Crippen molar-refractivity contribution in [2.45, 2.75) is 38.0 Å². The highest BCUT2D eigenvalue weighted by Gasteiger charge is 2.22. The second-order valence-corrected chi connectivity index (χ2v) is 9.07. The predicted octanol–water partition coefficient (Wildman–Crippen LogP) is 5.48. The fourth-order valence-corrected chi connectivity index (χ4v) is 4.62. The Morgan fingerprint density at radius 3 is 2.68 bits per heavy atom. The quantitative estimate of drug-likeness (QED) is 0.342. The maximum Gasteiger partial charge on any atom is 0.282 e. The second kappa shape index (κ2) is 11.2. The summed E-state index contributed by atoms with van der Waals surface area (Å²) in [4.78, 5) is 30.6. The van der Waals surface area contributed by atoms with Crippen LogP contribution < -0.4 is 15.6 Å². The number of carbonyl (C=O) groups excluding carboxylic acids is 1. The number of benzene rings is 3. The molecular weight excluding hydrogens is 471 g/mol. The first-order valence-corrected chi connectivity index (χ1v) is 12.4. The zero-order chi connectivity index (χ0) is 25.6. The lowest BCUT2D eigenvalue weighted by Crippen LogP contribution is -2.25. The normalized spacial score (nSPS) is 14.2. The summed E-state index contributed by atoms with van der Waals surface area (Å²) in [6.07, 6.45) is 6.90. The van der Waals surface area contributed by atoms with Crippen LogP contribution in [-0.4, -0.2) is 28.4 Å². The zero-order valence-corrected chi connectivity index (χ0v) is 20.3. The lowest BCUT2D eigenvalue weighted by Gasteiger charge is -2.22. The number of carbonyl (C=O) groups is 1. The van der Waals surface area contributed by atoms with Crippen LogP contribution in [0, 0.1) is 5.82 Å². The van der Waals surface area contributed by atoms with E-state index in [1.165, 1.54) is 29.3 Å². The van der Waals surface area contributed by atoms with E-state index in [2.05, 4.69) is 10.4 Å². The number of aromatic nitrogens is 2. The van der Waals surface area contributed by atoms with Crippen LogP contribution in [0.4, 0.5) is 10.1 Å². The highest BCUT2D eigenvalue weighted by atomic mass is 19.1. The minimum absolute atomic E-state index is 0.168. The first kappa shape index (κ1) is 24.4. The van der Waals surface area contributed by atoms with Crippen LogP contribution in [0.1, 0.15) is 49.4 Å². The topological polar surface area (TPSA) is 85.6 Å². The van der Waals surface area contributed by atoms with Gasteiger partial charge in [-0.1, -0.05) is 49.6 Å². The van der Waals surface area contributed by atoms with Crippen molar-refractivity contribution in [3.63, 3.8) is 0 Å². The molecule has 1 saturated carbocycles. The van der Waals surface area contributed by atoms with Crippen molar-refractivity contribution in [3.05, 3.63) is 100 Å². The highest BCUT2D eigenvalue weighted by molar-refractivity contribution is 5.92. The summed E-state index contributed by atoms with van der Waals surface area (Å²) in [6, 6.07) is 20.1. The van der Waals surface area contributed by atoms with E-state index in [1.54, 1.807) is 36.5 Å². The minimum atomic E-state index is -0.439. The second-order valence-electron chi connectivity index (χ2n) is 9.07. The molecule has 1 fully saturated rings. The van der Waals surface area contributed by atoms with E-state index in [1.807, 2.05) is 24.3 Å². The molecule has 0 aliphatic heterocycles. The van der Waals surface area contributed by atoms with E-state index >= 15 is 0 Å². The van der Waals surface area contributed by atoms with E-state index in [0.29, 0.717) is 33.7 Å². The summed E-state index contributed by atoms with van der Waals surface area (Å²) < 4.78 is 20.5. The van der Waals surface area contributed by atoms with Crippen LogP contribution in [-0.2, 0) is 4.79 Å². The fourth-order valence-electron chi connectivity index (χ4n) is 4.62. The molecule has 1 aliphatic carbocycles.